The Bertz CT molecular complexity index is 1360. The van der Waals surface area contributed by atoms with Crippen molar-refractivity contribution in [2.45, 2.75) is 13.5 Å². The Hall–Kier alpha value is -3.49. The highest BCUT2D eigenvalue weighted by Gasteiger charge is 2.37. The van der Waals surface area contributed by atoms with Gasteiger partial charge in [0.05, 0.1) is 10.2 Å². The number of hydrogen-bond donors (Lipinski definition) is 1. The van der Waals surface area contributed by atoms with E-state index < -0.39 is 17.8 Å². The van der Waals surface area contributed by atoms with Gasteiger partial charge in [0.25, 0.3) is 11.8 Å². The van der Waals surface area contributed by atoms with Crippen LogP contribution in [-0.4, -0.2) is 17.8 Å². The molecule has 9 heteroatoms. The molecule has 1 aliphatic rings. The number of halogens is 3. The van der Waals surface area contributed by atoms with E-state index in [0.29, 0.717) is 31.9 Å². The molecular weight excluding hydrogens is 527 g/mol. The van der Waals surface area contributed by atoms with Crippen LogP contribution in [0.3, 0.4) is 0 Å². The predicted molar refractivity (Wildman–Crippen MR) is 130 cm³/mol. The van der Waals surface area contributed by atoms with Crippen molar-refractivity contribution < 1.29 is 23.5 Å². The number of carbonyl (C=O) groups is 3. The summed E-state index contributed by atoms with van der Waals surface area (Å²) in [5.74, 6) is -1.41. The van der Waals surface area contributed by atoms with Crippen LogP contribution in [0.2, 0.25) is 5.02 Å². The second-order valence-electron chi connectivity index (χ2n) is 7.50. The third-order valence-corrected chi connectivity index (χ3v) is 5.92. The summed E-state index contributed by atoms with van der Waals surface area (Å²) >= 11 is 9.46. The van der Waals surface area contributed by atoms with E-state index >= 15 is 0 Å². The van der Waals surface area contributed by atoms with Crippen molar-refractivity contribution >= 4 is 57.1 Å². The molecule has 172 valence electrons. The van der Waals surface area contributed by atoms with Gasteiger partial charge < -0.3 is 4.74 Å². The minimum atomic E-state index is -0.847. The molecule has 3 aromatic carbocycles. The van der Waals surface area contributed by atoms with E-state index in [2.05, 4.69) is 21.2 Å². The van der Waals surface area contributed by atoms with Gasteiger partial charge in [-0.25, -0.2) is 14.1 Å². The number of anilines is 1. The van der Waals surface area contributed by atoms with Crippen LogP contribution in [0.1, 0.15) is 16.7 Å². The molecule has 4 rings (SSSR count). The summed E-state index contributed by atoms with van der Waals surface area (Å²) in [5, 5.41) is 2.54. The lowest BCUT2D eigenvalue weighted by Crippen LogP contribution is -2.54. The smallest absolute Gasteiger partial charge is 0.335 e. The minimum Gasteiger partial charge on any atom is -0.488 e. The van der Waals surface area contributed by atoms with Crippen LogP contribution in [0.4, 0.5) is 14.9 Å². The van der Waals surface area contributed by atoms with Crippen LogP contribution in [0.15, 0.2) is 70.7 Å². The first-order valence-electron chi connectivity index (χ1n) is 10.1. The van der Waals surface area contributed by atoms with Crippen molar-refractivity contribution in [2.24, 2.45) is 0 Å². The van der Waals surface area contributed by atoms with E-state index in [0.717, 1.165) is 4.90 Å². The Labute approximate surface area is 208 Å². The second-order valence-corrected chi connectivity index (χ2v) is 8.79. The number of amides is 4. The number of hydrogen-bond acceptors (Lipinski definition) is 4. The van der Waals surface area contributed by atoms with Crippen LogP contribution in [-0.2, 0) is 16.2 Å². The van der Waals surface area contributed by atoms with E-state index in [1.807, 2.05) is 0 Å². The molecule has 4 amide bonds. The molecule has 1 aliphatic heterocycles. The molecule has 0 aromatic heterocycles. The summed E-state index contributed by atoms with van der Waals surface area (Å²) in [6.07, 6.45) is 1.39. The number of aryl methyl sites for hydroxylation is 1. The molecule has 0 spiro atoms. The van der Waals surface area contributed by atoms with Crippen molar-refractivity contribution in [3.05, 3.63) is 98.2 Å². The third-order valence-electron chi connectivity index (χ3n) is 5.06. The first-order chi connectivity index (χ1) is 16.2. The van der Waals surface area contributed by atoms with Gasteiger partial charge in [-0.1, -0.05) is 35.9 Å². The van der Waals surface area contributed by atoms with Gasteiger partial charge in [0.15, 0.2) is 0 Å². The van der Waals surface area contributed by atoms with Crippen molar-refractivity contribution in [1.29, 1.82) is 0 Å². The van der Waals surface area contributed by atoms with Gasteiger partial charge >= 0.3 is 6.03 Å². The quantitative estimate of drug-likeness (QED) is 0.326. The minimum absolute atomic E-state index is 0.160. The predicted octanol–water partition coefficient (Wildman–Crippen LogP) is 5.80. The van der Waals surface area contributed by atoms with E-state index in [9.17, 15) is 18.8 Å². The fourth-order valence-electron chi connectivity index (χ4n) is 3.38. The highest BCUT2D eigenvalue weighted by atomic mass is 79.9. The highest BCUT2D eigenvalue weighted by molar-refractivity contribution is 9.10. The summed E-state index contributed by atoms with van der Waals surface area (Å²) in [6, 6.07) is 15.0. The molecule has 3 aromatic rings. The van der Waals surface area contributed by atoms with E-state index in [4.69, 9.17) is 16.3 Å². The fraction of sp³-hybridized carbons (Fsp3) is 0.0800. The fourth-order valence-corrected chi connectivity index (χ4v) is 4.06. The van der Waals surface area contributed by atoms with Crippen molar-refractivity contribution in [1.82, 2.24) is 5.32 Å². The number of imide groups is 2. The largest absolute Gasteiger partial charge is 0.488 e. The summed E-state index contributed by atoms with van der Waals surface area (Å²) in [5.41, 5.74) is 1.92. The monoisotopic (exact) mass is 542 g/mol. The maximum atomic E-state index is 13.4. The normalized spacial score (nSPS) is 15.0. The Morgan fingerprint density at radius 2 is 1.88 bits per heavy atom. The Balaban J connectivity index is 1.59. The molecule has 0 saturated carbocycles. The Morgan fingerprint density at radius 3 is 2.62 bits per heavy atom. The maximum absolute atomic E-state index is 13.4. The van der Waals surface area contributed by atoms with Crippen LogP contribution < -0.4 is 15.0 Å². The lowest BCUT2D eigenvalue weighted by Gasteiger charge is -2.27. The van der Waals surface area contributed by atoms with E-state index in [1.54, 1.807) is 49.4 Å². The molecule has 1 fully saturated rings. The number of nitrogens with zero attached hydrogens (tertiary/aromatic N) is 1. The molecule has 1 saturated heterocycles. The van der Waals surface area contributed by atoms with Crippen LogP contribution in [0.25, 0.3) is 6.08 Å². The Morgan fingerprint density at radius 1 is 1.09 bits per heavy atom. The van der Waals surface area contributed by atoms with Gasteiger partial charge in [-0.3, -0.25) is 14.9 Å². The molecule has 1 N–H and O–H groups in total. The van der Waals surface area contributed by atoms with Crippen molar-refractivity contribution in [3.8, 4) is 5.75 Å². The van der Waals surface area contributed by atoms with Gasteiger partial charge in [-0.05, 0) is 82.0 Å². The lowest BCUT2D eigenvalue weighted by atomic mass is 10.1. The van der Waals surface area contributed by atoms with Crippen molar-refractivity contribution in [3.63, 3.8) is 0 Å². The summed E-state index contributed by atoms with van der Waals surface area (Å²) < 4.78 is 19.7. The zero-order chi connectivity index (χ0) is 24.4. The standard InChI is InChI=1S/C25H17BrClFN2O4/c1-14-5-7-17(27)12-21(14)30-24(32)19(23(31)29-25(30)33)10-15-6-8-22(20(26)11-15)34-13-16-3-2-4-18(28)9-16/h2-12H,13H2,1H3,(H,29,31,33)/b19-10+. The van der Waals surface area contributed by atoms with Crippen LogP contribution >= 0.6 is 27.5 Å². The van der Waals surface area contributed by atoms with Gasteiger partial charge in [0.2, 0.25) is 0 Å². The molecule has 0 bridgehead atoms. The van der Waals surface area contributed by atoms with Gasteiger partial charge in [-0.15, -0.1) is 0 Å². The number of benzene rings is 3. The summed E-state index contributed by atoms with van der Waals surface area (Å²) in [6.45, 7) is 1.89. The zero-order valence-corrected chi connectivity index (χ0v) is 20.1. The third kappa shape index (κ3) is 5.03. The SMILES string of the molecule is Cc1ccc(Cl)cc1N1C(=O)NC(=O)/C(=C\c2ccc(OCc3cccc(F)c3)c(Br)c2)C1=O. The number of ether oxygens (including phenoxy) is 1. The number of nitrogens with one attached hydrogen (secondary N) is 1. The number of barbiturate groups is 1. The molecule has 0 atom stereocenters. The summed E-state index contributed by atoms with van der Waals surface area (Å²) in [4.78, 5) is 38.9. The zero-order valence-electron chi connectivity index (χ0n) is 17.8. The number of rotatable bonds is 5. The first kappa shape index (κ1) is 23.7. The van der Waals surface area contributed by atoms with E-state index in [-0.39, 0.29) is 23.7 Å². The summed E-state index contributed by atoms with van der Waals surface area (Å²) in [7, 11) is 0. The topological polar surface area (TPSA) is 75.7 Å². The lowest BCUT2D eigenvalue weighted by molar-refractivity contribution is -0.122. The molecule has 0 aliphatic carbocycles. The Kier molecular flexibility index (Phi) is 6.81. The van der Waals surface area contributed by atoms with Crippen molar-refractivity contribution in [2.75, 3.05) is 4.90 Å². The van der Waals surface area contributed by atoms with Gasteiger partial charge in [0.1, 0.15) is 23.7 Å². The average molecular weight is 544 g/mol. The number of urea groups is 1. The van der Waals surface area contributed by atoms with Gasteiger partial charge in [0, 0.05) is 5.02 Å². The molecule has 34 heavy (non-hydrogen) atoms. The van der Waals surface area contributed by atoms with Crippen LogP contribution in [0.5, 0.6) is 5.75 Å². The van der Waals surface area contributed by atoms with Gasteiger partial charge in [-0.2, -0.15) is 0 Å². The second kappa shape index (κ2) is 9.79. The molecular formula is C25H17BrClFN2O4. The van der Waals surface area contributed by atoms with E-state index in [1.165, 1.54) is 24.3 Å². The first-order valence-corrected chi connectivity index (χ1v) is 11.2. The molecule has 6 nitrogen and oxygen atoms in total. The molecule has 0 radical (unpaired) electrons. The average Bonchev–Trinajstić information content (AvgIpc) is 2.78. The molecule has 1 heterocycles. The maximum Gasteiger partial charge on any atom is 0.335 e. The van der Waals surface area contributed by atoms with Crippen LogP contribution in [0, 0.1) is 12.7 Å². The highest BCUT2D eigenvalue weighted by Crippen LogP contribution is 2.30. The molecule has 0 unspecified atom stereocenters. The number of carbonyl (C=O) groups excluding carboxylic acids is 3.